The Balaban J connectivity index is 2.66. The molecule has 0 aliphatic heterocycles. The van der Waals surface area contributed by atoms with Gasteiger partial charge in [-0.1, -0.05) is 52.0 Å². The van der Waals surface area contributed by atoms with E-state index in [0.717, 1.165) is 12.6 Å². The molecule has 4 nitrogen and oxygen atoms in total. The summed E-state index contributed by atoms with van der Waals surface area (Å²) in [6.45, 7) is 7.40. The van der Waals surface area contributed by atoms with Crippen LogP contribution >= 0.6 is 0 Å². The summed E-state index contributed by atoms with van der Waals surface area (Å²) >= 11 is 0. The maximum Gasteiger partial charge on any atom is 0.162 e. The molecule has 1 unspecified atom stereocenters. The van der Waals surface area contributed by atoms with E-state index in [-0.39, 0.29) is 11.6 Å². The van der Waals surface area contributed by atoms with Crippen LogP contribution in [0.5, 0.6) is 0 Å². The fourth-order valence-electron chi connectivity index (χ4n) is 2.34. The zero-order valence-electron chi connectivity index (χ0n) is 15.6. The van der Waals surface area contributed by atoms with Crippen LogP contribution < -0.4 is 0 Å². The van der Waals surface area contributed by atoms with Gasteiger partial charge in [-0.05, 0) is 19.3 Å². The van der Waals surface area contributed by atoms with Crippen molar-refractivity contribution in [3.05, 3.63) is 35.4 Å². The van der Waals surface area contributed by atoms with Gasteiger partial charge < -0.3 is 9.59 Å². The van der Waals surface area contributed by atoms with Crippen molar-refractivity contribution < 1.29 is 19.2 Å². The number of benzene rings is 1. The Labute approximate surface area is 150 Å². The Morgan fingerprint density at radius 2 is 1.28 bits per heavy atom. The number of carbonyl (C=O) groups is 4. The molecule has 0 fully saturated rings. The Morgan fingerprint density at radius 3 is 1.64 bits per heavy atom. The van der Waals surface area contributed by atoms with Gasteiger partial charge in [-0.15, -0.1) is 0 Å². The second-order valence-electron chi connectivity index (χ2n) is 7.66. The van der Waals surface area contributed by atoms with Crippen molar-refractivity contribution in [1.82, 2.24) is 0 Å². The average Bonchev–Trinajstić information content (AvgIpc) is 2.64. The normalized spacial score (nSPS) is 13.8. The largest absolute Gasteiger partial charge is 0.303 e. The van der Waals surface area contributed by atoms with Crippen molar-refractivity contribution in [3.8, 4) is 0 Å². The van der Waals surface area contributed by atoms with Crippen LogP contribution in [0.3, 0.4) is 0 Å². The molecule has 0 N–H and O–H groups in total. The standard InChI is InChI=1S/C21H28O4/c1-5-21(4,15-23)13-11-19(25)17-8-6-16(7-9-17)18(24)10-12-20(2,3)14-22/h6-9,14-15H,5,10-13H2,1-4H3. The van der Waals surface area contributed by atoms with Crippen molar-refractivity contribution in [2.75, 3.05) is 0 Å². The molecule has 0 saturated carbocycles. The molecule has 136 valence electrons. The summed E-state index contributed by atoms with van der Waals surface area (Å²) in [5, 5.41) is 0. The molecule has 1 atom stereocenters. The second kappa shape index (κ2) is 8.84. The van der Waals surface area contributed by atoms with E-state index in [0.29, 0.717) is 43.2 Å². The summed E-state index contributed by atoms with van der Waals surface area (Å²) in [6, 6.07) is 6.62. The molecule has 0 bridgehead atoms. The Hall–Kier alpha value is -2.10. The van der Waals surface area contributed by atoms with Gasteiger partial charge in [0.15, 0.2) is 11.6 Å². The van der Waals surface area contributed by atoms with Crippen LogP contribution in [0, 0.1) is 10.8 Å². The van der Waals surface area contributed by atoms with Gasteiger partial charge in [0, 0.05) is 34.8 Å². The summed E-state index contributed by atoms with van der Waals surface area (Å²) < 4.78 is 0. The number of rotatable bonds is 11. The highest BCUT2D eigenvalue weighted by molar-refractivity contribution is 5.99. The lowest BCUT2D eigenvalue weighted by Gasteiger charge is -2.20. The number of hydrogen-bond acceptors (Lipinski definition) is 4. The van der Waals surface area contributed by atoms with Gasteiger partial charge in [0.2, 0.25) is 0 Å². The second-order valence-corrected chi connectivity index (χ2v) is 7.66. The Morgan fingerprint density at radius 1 is 0.840 bits per heavy atom. The van der Waals surface area contributed by atoms with E-state index < -0.39 is 10.8 Å². The minimum absolute atomic E-state index is 0.0254. The van der Waals surface area contributed by atoms with Crippen molar-refractivity contribution in [2.45, 2.75) is 59.8 Å². The van der Waals surface area contributed by atoms with E-state index in [9.17, 15) is 19.2 Å². The van der Waals surface area contributed by atoms with E-state index in [1.807, 2.05) is 13.8 Å². The summed E-state index contributed by atoms with van der Waals surface area (Å²) in [4.78, 5) is 46.5. The molecular weight excluding hydrogens is 316 g/mol. The minimum Gasteiger partial charge on any atom is -0.303 e. The lowest BCUT2D eigenvalue weighted by molar-refractivity contribution is -0.116. The first-order valence-corrected chi connectivity index (χ1v) is 8.75. The molecule has 1 rings (SSSR count). The first-order chi connectivity index (χ1) is 11.7. The lowest BCUT2D eigenvalue weighted by atomic mass is 9.83. The highest BCUT2D eigenvalue weighted by Gasteiger charge is 2.23. The predicted octanol–water partition coefficient (Wildman–Crippen LogP) is 4.45. The topological polar surface area (TPSA) is 68.3 Å². The summed E-state index contributed by atoms with van der Waals surface area (Å²) in [7, 11) is 0. The fraction of sp³-hybridized carbons (Fsp3) is 0.524. The molecular formula is C21H28O4. The molecule has 0 aromatic heterocycles. The SMILES string of the molecule is CCC(C)(C=O)CCC(=O)c1ccc(C(=O)CCC(C)(C)C=O)cc1. The van der Waals surface area contributed by atoms with Crippen molar-refractivity contribution >= 4 is 24.1 Å². The van der Waals surface area contributed by atoms with Crippen LogP contribution in [0.25, 0.3) is 0 Å². The summed E-state index contributed by atoms with van der Waals surface area (Å²) in [5.41, 5.74) is 0.131. The van der Waals surface area contributed by atoms with Crippen LogP contribution in [-0.2, 0) is 9.59 Å². The Bertz CT molecular complexity index is 628. The third-order valence-electron chi connectivity index (χ3n) is 4.86. The fourth-order valence-corrected chi connectivity index (χ4v) is 2.34. The smallest absolute Gasteiger partial charge is 0.162 e. The first kappa shape index (κ1) is 20.9. The lowest BCUT2D eigenvalue weighted by Crippen LogP contribution is -2.18. The molecule has 1 aromatic rings. The van der Waals surface area contributed by atoms with Crippen molar-refractivity contribution in [1.29, 1.82) is 0 Å². The van der Waals surface area contributed by atoms with Crippen LogP contribution in [0.15, 0.2) is 24.3 Å². The number of hydrogen-bond donors (Lipinski definition) is 0. The van der Waals surface area contributed by atoms with Crippen LogP contribution in [-0.4, -0.2) is 24.1 Å². The van der Waals surface area contributed by atoms with Gasteiger partial charge in [-0.3, -0.25) is 9.59 Å². The minimum atomic E-state index is -0.504. The number of ketones is 2. The number of carbonyl (C=O) groups excluding carboxylic acids is 4. The molecule has 4 heteroatoms. The van der Waals surface area contributed by atoms with E-state index in [1.165, 1.54) is 0 Å². The molecule has 0 amide bonds. The quantitative estimate of drug-likeness (QED) is 0.439. The zero-order valence-corrected chi connectivity index (χ0v) is 15.6. The third kappa shape index (κ3) is 6.37. The first-order valence-electron chi connectivity index (χ1n) is 8.75. The molecule has 0 spiro atoms. The highest BCUT2D eigenvalue weighted by atomic mass is 16.1. The molecule has 0 aliphatic carbocycles. The maximum absolute atomic E-state index is 12.3. The van der Waals surface area contributed by atoms with E-state index >= 15 is 0 Å². The molecule has 0 aliphatic rings. The van der Waals surface area contributed by atoms with Gasteiger partial charge in [0.25, 0.3) is 0 Å². The van der Waals surface area contributed by atoms with Crippen LogP contribution in [0.4, 0.5) is 0 Å². The van der Waals surface area contributed by atoms with Gasteiger partial charge in [0.05, 0.1) is 0 Å². The molecule has 0 heterocycles. The van der Waals surface area contributed by atoms with E-state index in [1.54, 1.807) is 38.1 Å². The summed E-state index contributed by atoms with van der Waals surface area (Å²) in [6.07, 6.45) is 4.12. The van der Waals surface area contributed by atoms with Gasteiger partial charge in [0.1, 0.15) is 12.6 Å². The van der Waals surface area contributed by atoms with Crippen molar-refractivity contribution in [2.24, 2.45) is 10.8 Å². The van der Waals surface area contributed by atoms with Crippen LogP contribution in [0.1, 0.15) is 80.5 Å². The zero-order chi connectivity index (χ0) is 19.1. The predicted molar refractivity (Wildman–Crippen MR) is 97.9 cm³/mol. The van der Waals surface area contributed by atoms with Gasteiger partial charge in [-0.2, -0.15) is 0 Å². The Kier molecular flexibility index (Phi) is 7.40. The monoisotopic (exact) mass is 344 g/mol. The van der Waals surface area contributed by atoms with E-state index in [2.05, 4.69) is 0 Å². The molecule has 0 radical (unpaired) electrons. The maximum atomic E-state index is 12.3. The molecule has 25 heavy (non-hydrogen) atoms. The van der Waals surface area contributed by atoms with Gasteiger partial charge >= 0.3 is 0 Å². The molecule has 0 saturated heterocycles. The third-order valence-corrected chi connectivity index (χ3v) is 4.86. The van der Waals surface area contributed by atoms with Crippen molar-refractivity contribution in [3.63, 3.8) is 0 Å². The highest BCUT2D eigenvalue weighted by Crippen LogP contribution is 2.25. The average molecular weight is 344 g/mol. The van der Waals surface area contributed by atoms with Gasteiger partial charge in [-0.25, -0.2) is 0 Å². The number of aldehydes is 2. The summed E-state index contributed by atoms with van der Waals surface area (Å²) in [5.74, 6) is -0.0592. The van der Waals surface area contributed by atoms with E-state index in [4.69, 9.17) is 0 Å². The molecule has 1 aromatic carbocycles. The van der Waals surface area contributed by atoms with Crippen LogP contribution in [0.2, 0.25) is 0 Å². The number of Topliss-reactive ketones (excluding diaryl/α,β-unsaturated/α-hetero) is 2.